The molecule has 168 valence electrons. The molecule has 4 rings (SSSR count). The number of rotatable bonds is 9. The number of carbonyl (C=O) groups excluding carboxylic acids is 1. The van der Waals surface area contributed by atoms with Crippen LogP contribution in [0.4, 0.5) is 0 Å². The van der Waals surface area contributed by atoms with E-state index in [1.165, 1.54) is 11.8 Å². The minimum Gasteiger partial charge on any atom is -0.497 e. The molecule has 3 aromatic carbocycles. The fourth-order valence-electron chi connectivity index (χ4n) is 3.28. The predicted molar refractivity (Wildman–Crippen MR) is 129 cm³/mol. The maximum absolute atomic E-state index is 12.7. The van der Waals surface area contributed by atoms with Crippen molar-refractivity contribution < 1.29 is 13.9 Å². The SMILES string of the molecule is COc1ccc(-c2nnc(SCC(=O)NC(Cc3ccc(Cl)cc3)c3ccccc3)o2)cc1. The van der Waals surface area contributed by atoms with Crippen molar-refractivity contribution in [2.45, 2.75) is 17.7 Å². The van der Waals surface area contributed by atoms with Gasteiger partial charge in [-0.2, -0.15) is 0 Å². The Bertz CT molecular complexity index is 1180. The molecular formula is C25H22ClN3O3S. The first kappa shape index (κ1) is 22.9. The predicted octanol–water partition coefficient (Wildman–Crippen LogP) is 5.59. The number of ether oxygens (including phenoxy) is 1. The summed E-state index contributed by atoms with van der Waals surface area (Å²) in [4.78, 5) is 12.7. The molecule has 0 aliphatic carbocycles. The molecule has 0 saturated heterocycles. The molecule has 0 fully saturated rings. The number of nitrogens with zero attached hydrogens (tertiary/aromatic N) is 2. The van der Waals surface area contributed by atoms with Crippen molar-refractivity contribution in [3.63, 3.8) is 0 Å². The maximum atomic E-state index is 12.7. The zero-order chi connectivity index (χ0) is 23.0. The Morgan fingerprint density at radius 3 is 2.45 bits per heavy atom. The summed E-state index contributed by atoms with van der Waals surface area (Å²) in [5.41, 5.74) is 2.90. The molecule has 8 heteroatoms. The van der Waals surface area contributed by atoms with Gasteiger partial charge in [0.2, 0.25) is 11.8 Å². The van der Waals surface area contributed by atoms with Crippen molar-refractivity contribution in [3.8, 4) is 17.2 Å². The van der Waals surface area contributed by atoms with Gasteiger partial charge in [0.1, 0.15) is 5.75 Å². The van der Waals surface area contributed by atoms with Crippen molar-refractivity contribution in [1.29, 1.82) is 0 Å². The summed E-state index contributed by atoms with van der Waals surface area (Å²) >= 11 is 7.21. The maximum Gasteiger partial charge on any atom is 0.277 e. The molecule has 1 aromatic heterocycles. The van der Waals surface area contributed by atoms with E-state index in [0.717, 1.165) is 22.4 Å². The Morgan fingerprint density at radius 2 is 1.76 bits per heavy atom. The molecule has 1 heterocycles. The van der Waals surface area contributed by atoms with Crippen molar-refractivity contribution in [2.24, 2.45) is 0 Å². The Kier molecular flexibility index (Phi) is 7.65. The van der Waals surface area contributed by atoms with Gasteiger partial charge in [-0.3, -0.25) is 4.79 Å². The lowest BCUT2D eigenvalue weighted by Crippen LogP contribution is -2.31. The summed E-state index contributed by atoms with van der Waals surface area (Å²) in [6.07, 6.45) is 0.653. The van der Waals surface area contributed by atoms with Gasteiger partial charge < -0.3 is 14.5 Å². The number of thioether (sulfide) groups is 1. The third-order valence-corrected chi connectivity index (χ3v) is 6.03. The third-order valence-electron chi connectivity index (χ3n) is 4.96. The fourth-order valence-corrected chi connectivity index (χ4v) is 3.98. The van der Waals surface area contributed by atoms with Gasteiger partial charge >= 0.3 is 0 Å². The topological polar surface area (TPSA) is 77.2 Å². The number of halogens is 1. The third kappa shape index (κ3) is 6.37. The average Bonchev–Trinajstić information content (AvgIpc) is 3.33. The van der Waals surface area contributed by atoms with Crippen LogP contribution in [0.15, 0.2) is 88.5 Å². The lowest BCUT2D eigenvalue weighted by Gasteiger charge is -2.19. The number of methoxy groups -OCH3 is 1. The fraction of sp³-hybridized carbons (Fsp3) is 0.160. The van der Waals surface area contributed by atoms with E-state index in [0.29, 0.717) is 22.6 Å². The van der Waals surface area contributed by atoms with Crippen LogP contribution < -0.4 is 10.1 Å². The van der Waals surface area contributed by atoms with E-state index in [1.54, 1.807) is 7.11 Å². The lowest BCUT2D eigenvalue weighted by molar-refractivity contribution is -0.119. The highest BCUT2D eigenvalue weighted by molar-refractivity contribution is 7.99. The van der Waals surface area contributed by atoms with Gasteiger partial charge in [-0.15, -0.1) is 10.2 Å². The molecule has 6 nitrogen and oxygen atoms in total. The lowest BCUT2D eigenvalue weighted by atomic mass is 9.99. The minimum absolute atomic E-state index is 0.119. The van der Waals surface area contributed by atoms with Crippen molar-refractivity contribution in [1.82, 2.24) is 15.5 Å². The van der Waals surface area contributed by atoms with Crippen LogP contribution in [0.5, 0.6) is 5.75 Å². The molecule has 33 heavy (non-hydrogen) atoms. The molecule has 0 aliphatic heterocycles. The van der Waals surface area contributed by atoms with Crippen LogP contribution in [-0.2, 0) is 11.2 Å². The Hall–Kier alpha value is -3.29. The molecule has 0 spiro atoms. The standard InChI is InChI=1S/C25H22ClN3O3S/c1-31-21-13-9-19(10-14-21)24-28-29-25(32-24)33-16-23(30)27-22(18-5-3-2-4-6-18)15-17-7-11-20(26)12-8-17/h2-14,22H,15-16H2,1H3,(H,27,30). The summed E-state index contributed by atoms with van der Waals surface area (Å²) in [6, 6.07) is 24.7. The van der Waals surface area contributed by atoms with Crippen LogP contribution in [-0.4, -0.2) is 29.0 Å². The van der Waals surface area contributed by atoms with E-state index in [4.69, 9.17) is 20.8 Å². The summed E-state index contributed by atoms with van der Waals surface area (Å²) in [5, 5.41) is 12.3. The highest BCUT2D eigenvalue weighted by Gasteiger charge is 2.17. The van der Waals surface area contributed by atoms with Crippen molar-refractivity contribution in [2.75, 3.05) is 12.9 Å². The van der Waals surface area contributed by atoms with Crippen LogP contribution >= 0.6 is 23.4 Å². The van der Waals surface area contributed by atoms with Crippen molar-refractivity contribution >= 4 is 29.3 Å². The van der Waals surface area contributed by atoms with Crippen LogP contribution in [0.3, 0.4) is 0 Å². The Balaban J connectivity index is 1.38. The molecule has 1 N–H and O–H groups in total. The van der Waals surface area contributed by atoms with Crippen LogP contribution in [0, 0.1) is 0 Å². The second-order valence-electron chi connectivity index (χ2n) is 7.25. The Labute approximate surface area is 201 Å². The summed E-state index contributed by atoms with van der Waals surface area (Å²) in [7, 11) is 1.61. The smallest absolute Gasteiger partial charge is 0.277 e. The minimum atomic E-state index is -0.168. The number of hydrogen-bond acceptors (Lipinski definition) is 6. The number of benzene rings is 3. The normalized spacial score (nSPS) is 11.7. The largest absolute Gasteiger partial charge is 0.497 e. The van der Waals surface area contributed by atoms with E-state index in [1.807, 2.05) is 78.9 Å². The van der Waals surface area contributed by atoms with Crippen LogP contribution in [0.25, 0.3) is 11.5 Å². The summed E-state index contributed by atoms with van der Waals surface area (Å²) in [5.74, 6) is 1.18. The van der Waals surface area contributed by atoms with Gasteiger partial charge in [0, 0.05) is 10.6 Å². The second-order valence-corrected chi connectivity index (χ2v) is 8.61. The van der Waals surface area contributed by atoms with E-state index in [9.17, 15) is 4.79 Å². The van der Waals surface area contributed by atoms with Gasteiger partial charge in [-0.25, -0.2) is 0 Å². The first-order valence-corrected chi connectivity index (χ1v) is 11.7. The number of nitrogens with one attached hydrogen (secondary N) is 1. The van der Waals surface area contributed by atoms with Gasteiger partial charge in [0.05, 0.1) is 18.9 Å². The monoisotopic (exact) mass is 479 g/mol. The highest BCUT2D eigenvalue weighted by atomic mass is 35.5. The first-order chi connectivity index (χ1) is 16.1. The molecular weight excluding hydrogens is 458 g/mol. The first-order valence-electron chi connectivity index (χ1n) is 10.3. The molecule has 4 aromatic rings. The summed E-state index contributed by atoms with van der Waals surface area (Å²) < 4.78 is 10.9. The van der Waals surface area contributed by atoms with Crippen LogP contribution in [0.2, 0.25) is 5.02 Å². The molecule has 0 radical (unpaired) electrons. The van der Waals surface area contributed by atoms with Gasteiger partial charge in [-0.1, -0.05) is 65.8 Å². The molecule has 0 bridgehead atoms. The van der Waals surface area contributed by atoms with E-state index < -0.39 is 0 Å². The van der Waals surface area contributed by atoms with Gasteiger partial charge in [0.15, 0.2) is 0 Å². The average molecular weight is 480 g/mol. The molecule has 1 amide bonds. The molecule has 1 unspecified atom stereocenters. The van der Waals surface area contributed by atoms with Crippen LogP contribution in [0.1, 0.15) is 17.2 Å². The molecule has 0 saturated carbocycles. The number of carbonyl (C=O) groups is 1. The van der Waals surface area contributed by atoms with Crippen molar-refractivity contribution in [3.05, 3.63) is 95.0 Å². The zero-order valence-corrected chi connectivity index (χ0v) is 19.5. The molecule has 0 aliphatic rings. The zero-order valence-electron chi connectivity index (χ0n) is 17.9. The number of aromatic nitrogens is 2. The number of hydrogen-bond donors (Lipinski definition) is 1. The number of amides is 1. The van der Waals surface area contributed by atoms with Gasteiger partial charge in [-0.05, 0) is 53.9 Å². The second kappa shape index (κ2) is 11.0. The quantitative estimate of drug-likeness (QED) is 0.315. The van der Waals surface area contributed by atoms with E-state index in [-0.39, 0.29) is 17.7 Å². The summed E-state index contributed by atoms with van der Waals surface area (Å²) in [6.45, 7) is 0. The Morgan fingerprint density at radius 1 is 1.03 bits per heavy atom. The van der Waals surface area contributed by atoms with E-state index >= 15 is 0 Å². The molecule has 1 atom stereocenters. The van der Waals surface area contributed by atoms with E-state index in [2.05, 4.69) is 15.5 Å². The highest BCUT2D eigenvalue weighted by Crippen LogP contribution is 2.25. The van der Waals surface area contributed by atoms with Gasteiger partial charge in [0.25, 0.3) is 5.22 Å².